The molecule has 0 saturated heterocycles. The summed E-state index contributed by atoms with van der Waals surface area (Å²) < 4.78 is 13.9. The molecule has 2 aromatic heterocycles. The van der Waals surface area contributed by atoms with E-state index in [1.807, 2.05) is 24.3 Å². The van der Waals surface area contributed by atoms with Gasteiger partial charge in [-0.25, -0.2) is 9.37 Å². The van der Waals surface area contributed by atoms with Crippen LogP contribution < -0.4 is 10.6 Å². The van der Waals surface area contributed by atoms with Gasteiger partial charge in [0.25, 0.3) is 0 Å². The van der Waals surface area contributed by atoms with Gasteiger partial charge in [0, 0.05) is 22.8 Å². The van der Waals surface area contributed by atoms with E-state index in [-0.39, 0.29) is 11.9 Å². The summed E-state index contributed by atoms with van der Waals surface area (Å²) in [4.78, 5) is 13.5. The number of rotatable bonds is 6. The summed E-state index contributed by atoms with van der Waals surface area (Å²) in [6.07, 6.45) is 2.67. The average molecular weight is 416 g/mol. The molecule has 0 amide bonds. The van der Waals surface area contributed by atoms with Crippen LogP contribution in [0.5, 0.6) is 0 Å². The van der Waals surface area contributed by atoms with Gasteiger partial charge in [0.1, 0.15) is 11.6 Å². The van der Waals surface area contributed by atoms with Crippen molar-refractivity contribution < 1.29 is 4.39 Å². The van der Waals surface area contributed by atoms with E-state index in [0.717, 1.165) is 12.1 Å². The Bertz CT molecular complexity index is 888. The molecule has 134 valence electrons. The minimum atomic E-state index is -0.307. The molecular weight excluding hydrogens is 397 g/mol. The van der Waals surface area contributed by atoms with Crippen LogP contribution in [0.4, 0.5) is 21.8 Å². The van der Waals surface area contributed by atoms with Crippen molar-refractivity contribution in [3.05, 3.63) is 59.0 Å². The number of halogens is 2. The molecule has 0 fully saturated rings. The van der Waals surface area contributed by atoms with Crippen molar-refractivity contribution in [3.8, 4) is 11.4 Å². The van der Waals surface area contributed by atoms with Crippen LogP contribution in [-0.2, 0) is 0 Å². The zero-order valence-electron chi connectivity index (χ0n) is 14.5. The molecule has 0 radical (unpaired) electrons. The van der Waals surface area contributed by atoms with Gasteiger partial charge in [-0.1, -0.05) is 13.0 Å². The molecule has 3 rings (SSSR count). The number of nitrogens with one attached hydrogen (secondary N) is 2. The fourth-order valence-electron chi connectivity index (χ4n) is 2.27. The Kier molecular flexibility index (Phi) is 5.78. The maximum absolute atomic E-state index is 13.3. The van der Waals surface area contributed by atoms with Gasteiger partial charge >= 0.3 is 0 Å². The monoisotopic (exact) mass is 415 g/mol. The number of nitrogens with zero attached hydrogens (tertiary/aromatic N) is 3. The second-order valence-electron chi connectivity index (χ2n) is 5.88. The fraction of sp³-hybridized carbons (Fsp3) is 0.211. The highest BCUT2D eigenvalue weighted by Gasteiger charge is 2.11. The maximum atomic E-state index is 13.3. The molecule has 0 aliphatic carbocycles. The smallest absolute Gasteiger partial charge is 0.225 e. The summed E-state index contributed by atoms with van der Waals surface area (Å²) in [6, 6.07) is 12.2. The van der Waals surface area contributed by atoms with Gasteiger partial charge in [-0.15, -0.1) is 0 Å². The Morgan fingerprint density at radius 1 is 1.12 bits per heavy atom. The summed E-state index contributed by atoms with van der Waals surface area (Å²) in [5.74, 6) is 0.806. The summed E-state index contributed by atoms with van der Waals surface area (Å²) in [5, 5.41) is 6.50. The molecular formula is C19H19BrFN5. The second-order valence-corrected chi connectivity index (χ2v) is 6.73. The molecule has 3 aromatic rings. The van der Waals surface area contributed by atoms with Crippen molar-refractivity contribution in [2.24, 2.45) is 0 Å². The first kappa shape index (κ1) is 18.3. The molecule has 0 aliphatic heterocycles. The molecule has 5 nitrogen and oxygen atoms in total. The zero-order valence-corrected chi connectivity index (χ0v) is 16.1. The quantitative estimate of drug-likeness (QED) is 0.564. The lowest BCUT2D eigenvalue weighted by Crippen LogP contribution is -2.16. The highest BCUT2D eigenvalue weighted by molar-refractivity contribution is 9.10. The third kappa shape index (κ3) is 4.54. The number of hydrogen-bond acceptors (Lipinski definition) is 5. The van der Waals surface area contributed by atoms with Crippen molar-refractivity contribution in [1.29, 1.82) is 0 Å². The van der Waals surface area contributed by atoms with Crippen LogP contribution in [0.15, 0.2) is 53.1 Å². The molecule has 7 heteroatoms. The van der Waals surface area contributed by atoms with Crippen LogP contribution in [-0.4, -0.2) is 21.0 Å². The molecule has 0 aliphatic rings. The third-order valence-electron chi connectivity index (χ3n) is 3.84. The number of pyridine rings is 1. The molecule has 2 heterocycles. The van der Waals surface area contributed by atoms with Crippen molar-refractivity contribution >= 4 is 33.4 Å². The van der Waals surface area contributed by atoms with Crippen LogP contribution in [0.2, 0.25) is 0 Å². The molecule has 0 saturated carbocycles. The predicted octanol–water partition coefficient (Wildman–Crippen LogP) is 5.39. The summed E-state index contributed by atoms with van der Waals surface area (Å²) >= 11 is 3.36. The van der Waals surface area contributed by atoms with Crippen molar-refractivity contribution in [1.82, 2.24) is 15.0 Å². The molecule has 1 atom stereocenters. The second kappa shape index (κ2) is 8.23. The summed E-state index contributed by atoms with van der Waals surface area (Å²) in [7, 11) is 0. The minimum absolute atomic E-state index is 0.236. The van der Waals surface area contributed by atoms with Crippen molar-refractivity contribution in [3.63, 3.8) is 0 Å². The Labute approximate surface area is 160 Å². The van der Waals surface area contributed by atoms with E-state index in [0.29, 0.717) is 27.6 Å². The van der Waals surface area contributed by atoms with Gasteiger partial charge in [-0.05, 0) is 59.6 Å². The van der Waals surface area contributed by atoms with E-state index in [2.05, 4.69) is 55.4 Å². The first-order valence-corrected chi connectivity index (χ1v) is 9.13. The molecule has 0 bridgehead atoms. The van der Waals surface area contributed by atoms with Gasteiger partial charge in [-0.3, -0.25) is 4.98 Å². The number of aromatic nitrogens is 3. The number of hydrogen-bond donors (Lipinski definition) is 2. The normalized spacial score (nSPS) is 11.8. The Morgan fingerprint density at radius 3 is 2.65 bits per heavy atom. The van der Waals surface area contributed by atoms with Crippen LogP contribution >= 0.6 is 15.9 Å². The van der Waals surface area contributed by atoms with E-state index in [1.165, 1.54) is 12.1 Å². The third-order valence-corrected chi connectivity index (χ3v) is 4.49. The number of anilines is 3. The Hall–Kier alpha value is -2.54. The van der Waals surface area contributed by atoms with Gasteiger partial charge < -0.3 is 10.6 Å². The highest BCUT2D eigenvalue weighted by atomic mass is 79.9. The van der Waals surface area contributed by atoms with E-state index >= 15 is 0 Å². The van der Waals surface area contributed by atoms with Crippen LogP contribution in [0.3, 0.4) is 0 Å². The SMILES string of the molecule is CC[C@H](C)Nc1nc(Nc2ccc(F)cc2Br)cc(-c2ccccn2)n1. The standard InChI is InChI=1S/C19H19BrFN5/c1-3-12(2)23-19-25-17(16-6-4-5-9-22-16)11-18(26-19)24-15-8-7-13(21)10-14(15)20/h4-12H,3H2,1-2H3,(H2,23,24,25,26)/t12-/m0/s1. The van der Waals surface area contributed by atoms with E-state index < -0.39 is 0 Å². The topological polar surface area (TPSA) is 62.7 Å². The lowest BCUT2D eigenvalue weighted by Gasteiger charge is -2.15. The van der Waals surface area contributed by atoms with Crippen molar-refractivity contribution in [2.75, 3.05) is 10.6 Å². The summed E-state index contributed by atoms with van der Waals surface area (Å²) in [6.45, 7) is 4.16. The van der Waals surface area contributed by atoms with Gasteiger partial charge in [0.2, 0.25) is 5.95 Å². The maximum Gasteiger partial charge on any atom is 0.225 e. The average Bonchev–Trinajstić information content (AvgIpc) is 2.64. The van der Waals surface area contributed by atoms with E-state index in [9.17, 15) is 4.39 Å². The molecule has 0 spiro atoms. The van der Waals surface area contributed by atoms with E-state index in [4.69, 9.17) is 0 Å². The molecule has 0 unspecified atom stereocenters. The van der Waals surface area contributed by atoms with Crippen LogP contribution in [0.1, 0.15) is 20.3 Å². The largest absolute Gasteiger partial charge is 0.352 e. The Morgan fingerprint density at radius 2 is 1.96 bits per heavy atom. The minimum Gasteiger partial charge on any atom is -0.352 e. The summed E-state index contributed by atoms with van der Waals surface area (Å²) in [5.41, 5.74) is 2.17. The first-order chi connectivity index (χ1) is 12.5. The predicted molar refractivity (Wildman–Crippen MR) is 106 cm³/mol. The van der Waals surface area contributed by atoms with Crippen molar-refractivity contribution in [2.45, 2.75) is 26.3 Å². The van der Waals surface area contributed by atoms with Gasteiger partial charge in [0.15, 0.2) is 0 Å². The Balaban J connectivity index is 1.98. The molecule has 1 aromatic carbocycles. The van der Waals surface area contributed by atoms with E-state index in [1.54, 1.807) is 12.3 Å². The molecule has 26 heavy (non-hydrogen) atoms. The lowest BCUT2D eigenvalue weighted by molar-refractivity contribution is 0.627. The van der Waals surface area contributed by atoms with Crippen LogP contribution in [0, 0.1) is 5.82 Å². The molecule has 2 N–H and O–H groups in total. The lowest BCUT2D eigenvalue weighted by atomic mass is 10.2. The highest BCUT2D eigenvalue weighted by Crippen LogP contribution is 2.28. The van der Waals surface area contributed by atoms with Gasteiger partial charge in [-0.2, -0.15) is 4.98 Å². The van der Waals surface area contributed by atoms with Crippen LogP contribution in [0.25, 0.3) is 11.4 Å². The zero-order chi connectivity index (χ0) is 18.5. The van der Waals surface area contributed by atoms with Gasteiger partial charge in [0.05, 0.1) is 17.1 Å². The number of benzene rings is 1. The fourth-order valence-corrected chi connectivity index (χ4v) is 2.72. The first-order valence-electron chi connectivity index (χ1n) is 8.34.